The van der Waals surface area contributed by atoms with Crippen LogP contribution < -0.4 is 5.32 Å². The maximum absolute atomic E-state index is 12.8. The zero-order valence-corrected chi connectivity index (χ0v) is 11.7. The number of thiophene rings is 1. The van der Waals surface area contributed by atoms with Crippen LogP contribution in [0.25, 0.3) is 10.2 Å². The fraction of sp³-hybridized carbons (Fsp3) is 0.133. The van der Waals surface area contributed by atoms with Crippen LogP contribution >= 0.6 is 11.3 Å². The molecule has 0 radical (unpaired) electrons. The zero-order valence-electron chi connectivity index (χ0n) is 10.9. The molecule has 1 aromatic carbocycles. The first-order chi connectivity index (χ1) is 9.69. The van der Waals surface area contributed by atoms with E-state index in [1.54, 1.807) is 23.5 Å². The molecule has 0 unspecified atom stereocenters. The molecule has 102 valence electrons. The summed E-state index contributed by atoms with van der Waals surface area (Å²) in [6.45, 7) is 2.73. The molecule has 1 amide bonds. The molecule has 0 atom stereocenters. The number of aromatic nitrogens is 1. The molecule has 0 bridgehead atoms. The number of hydrogen-bond donors (Lipinski definition) is 1. The molecule has 0 spiro atoms. The third-order valence-electron chi connectivity index (χ3n) is 3.17. The number of halogens is 1. The van der Waals surface area contributed by atoms with E-state index in [0.717, 1.165) is 16.8 Å². The minimum Gasteiger partial charge on any atom is -0.336 e. The Balaban J connectivity index is 1.92. The minimum absolute atomic E-state index is 0.179. The number of aryl methyl sites for hydroxylation is 1. The number of carbonyl (C=O) groups excluding carboxylic acids is 1. The van der Waals surface area contributed by atoms with Gasteiger partial charge in [-0.15, -0.1) is 11.3 Å². The average Bonchev–Trinajstić information content (AvgIpc) is 3.01. The van der Waals surface area contributed by atoms with E-state index in [1.165, 1.54) is 12.1 Å². The average molecular weight is 288 g/mol. The number of nitrogens with zero attached hydrogens (tertiary/aromatic N) is 1. The number of benzene rings is 1. The van der Waals surface area contributed by atoms with Gasteiger partial charge >= 0.3 is 0 Å². The highest BCUT2D eigenvalue weighted by molar-refractivity contribution is 7.17. The van der Waals surface area contributed by atoms with Crippen molar-refractivity contribution in [2.75, 3.05) is 5.32 Å². The number of fused-ring (bicyclic) bond motifs is 1. The smallest absolute Gasteiger partial charge is 0.272 e. The summed E-state index contributed by atoms with van der Waals surface area (Å²) in [6, 6.07) is 9.66. The van der Waals surface area contributed by atoms with Gasteiger partial charge in [0.2, 0.25) is 0 Å². The van der Waals surface area contributed by atoms with Gasteiger partial charge < -0.3 is 9.88 Å². The van der Waals surface area contributed by atoms with Gasteiger partial charge in [0.25, 0.3) is 5.91 Å². The van der Waals surface area contributed by atoms with Gasteiger partial charge in [0, 0.05) is 12.2 Å². The molecule has 2 aromatic heterocycles. The molecule has 3 aromatic rings. The molecule has 3 nitrogen and oxygen atoms in total. The van der Waals surface area contributed by atoms with Crippen LogP contribution in [0.15, 0.2) is 41.8 Å². The summed E-state index contributed by atoms with van der Waals surface area (Å²) >= 11 is 1.61. The van der Waals surface area contributed by atoms with Gasteiger partial charge in [0.1, 0.15) is 11.5 Å². The number of anilines is 1. The van der Waals surface area contributed by atoms with Crippen LogP contribution in [-0.2, 0) is 6.54 Å². The molecular formula is C15H13FN2OS. The summed E-state index contributed by atoms with van der Waals surface area (Å²) in [5.41, 5.74) is 2.28. The van der Waals surface area contributed by atoms with Crippen molar-refractivity contribution in [1.82, 2.24) is 4.57 Å². The number of rotatable bonds is 3. The summed E-state index contributed by atoms with van der Waals surface area (Å²) < 4.78 is 15.9. The van der Waals surface area contributed by atoms with Gasteiger partial charge in [-0.2, -0.15) is 0 Å². The third-order valence-corrected chi connectivity index (χ3v) is 4.03. The minimum atomic E-state index is -0.319. The lowest BCUT2D eigenvalue weighted by molar-refractivity contribution is 0.101. The molecule has 0 fully saturated rings. The highest BCUT2D eigenvalue weighted by atomic mass is 32.1. The Morgan fingerprint density at radius 3 is 2.75 bits per heavy atom. The van der Waals surface area contributed by atoms with Crippen molar-refractivity contribution in [2.24, 2.45) is 0 Å². The predicted octanol–water partition coefficient (Wildman–Crippen LogP) is 4.11. The SMILES string of the molecule is CCn1c(C(=O)Nc2ccc(F)cc2)cc2sccc21. The van der Waals surface area contributed by atoms with Gasteiger partial charge in [-0.3, -0.25) is 4.79 Å². The summed E-state index contributed by atoms with van der Waals surface area (Å²) in [4.78, 5) is 12.3. The second-order valence-corrected chi connectivity index (χ2v) is 5.35. The number of hydrogen-bond acceptors (Lipinski definition) is 2. The van der Waals surface area contributed by atoms with E-state index >= 15 is 0 Å². The molecule has 0 aliphatic rings. The molecule has 2 heterocycles. The van der Waals surface area contributed by atoms with Crippen molar-refractivity contribution in [3.05, 3.63) is 53.3 Å². The van der Waals surface area contributed by atoms with Gasteiger partial charge in [-0.25, -0.2) is 4.39 Å². The van der Waals surface area contributed by atoms with E-state index in [1.807, 2.05) is 29.0 Å². The van der Waals surface area contributed by atoms with Gasteiger partial charge in [0.15, 0.2) is 0 Å². The first-order valence-corrected chi connectivity index (χ1v) is 7.20. The molecular weight excluding hydrogens is 275 g/mol. The number of nitrogens with one attached hydrogen (secondary N) is 1. The maximum Gasteiger partial charge on any atom is 0.272 e. The second-order valence-electron chi connectivity index (χ2n) is 4.40. The molecule has 0 aliphatic heterocycles. The molecule has 3 rings (SSSR count). The standard InChI is InChI=1S/C15H13FN2OS/c1-2-18-12-7-8-20-14(12)9-13(18)15(19)17-11-5-3-10(16)4-6-11/h3-9H,2H2,1H3,(H,17,19). The van der Waals surface area contributed by atoms with Crippen LogP contribution in [0.2, 0.25) is 0 Å². The fourth-order valence-corrected chi connectivity index (χ4v) is 3.06. The van der Waals surface area contributed by atoms with Crippen molar-refractivity contribution in [3.63, 3.8) is 0 Å². The lowest BCUT2D eigenvalue weighted by Crippen LogP contribution is -2.16. The van der Waals surface area contributed by atoms with Gasteiger partial charge in [-0.05, 0) is 48.7 Å². The van der Waals surface area contributed by atoms with Crippen molar-refractivity contribution < 1.29 is 9.18 Å². The monoisotopic (exact) mass is 288 g/mol. The first-order valence-electron chi connectivity index (χ1n) is 6.32. The fourth-order valence-electron chi connectivity index (χ4n) is 2.23. The summed E-state index contributed by atoms with van der Waals surface area (Å²) in [6.07, 6.45) is 0. The largest absolute Gasteiger partial charge is 0.336 e. The Kier molecular flexibility index (Phi) is 3.28. The van der Waals surface area contributed by atoms with Crippen LogP contribution in [-0.4, -0.2) is 10.5 Å². The lowest BCUT2D eigenvalue weighted by atomic mass is 10.3. The Morgan fingerprint density at radius 2 is 2.05 bits per heavy atom. The Labute approximate surface area is 119 Å². The summed E-state index contributed by atoms with van der Waals surface area (Å²) in [5.74, 6) is -0.498. The summed E-state index contributed by atoms with van der Waals surface area (Å²) in [5, 5.41) is 4.80. The maximum atomic E-state index is 12.8. The van der Waals surface area contributed by atoms with Crippen LogP contribution in [0.5, 0.6) is 0 Å². The predicted molar refractivity (Wildman–Crippen MR) is 79.8 cm³/mol. The summed E-state index contributed by atoms with van der Waals surface area (Å²) in [7, 11) is 0. The van der Waals surface area contributed by atoms with Crippen LogP contribution in [0.3, 0.4) is 0 Å². The van der Waals surface area contributed by atoms with E-state index in [-0.39, 0.29) is 11.7 Å². The number of carbonyl (C=O) groups is 1. The second kappa shape index (κ2) is 5.09. The van der Waals surface area contributed by atoms with Crippen LogP contribution in [0.1, 0.15) is 17.4 Å². The Hall–Kier alpha value is -2.14. The van der Waals surface area contributed by atoms with E-state index in [2.05, 4.69) is 5.32 Å². The van der Waals surface area contributed by atoms with E-state index < -0.39 is 0 Å². The molecule has 0 aliphatic carbocycles. The Morgan fingerprint density at radius 1 is 1.30 bits per heavy atom. The molecule has 5 heteroatoms. The van der Waals surface area contributed by atoms with E-state index in [4.69, 9.17) is 0 Å². The molecule has 1 N–H and O–H groups in total. The highest BCUT2D eigenvalue weighted by Crippen LogP contribution is 2.25. The molecule has 0 saturated carbocycles. The third kappa shape index (κ3) is 2.20. The van der Waals surface area contributed by atoms with Crippen molar-refractivity contribution in [3.8, 4) is 0 Å². The van der Waals surface area contributed by atoms with Crippen molar-refractivity contribution in [2.45, 2.75) is 13.5 Å². The van der Waals surface area contributed by atoms with Gasteiger partial charge in [-0.1, -0.05) is 0 Å². The topological polar surface area (TPSA) is 34.0 Å². The quantitative estimate of drug-likeness (QED) is 0.773. The van der Waals surface area contributed by atoms with Crippen molar-refractivity contribution >= 4 is 33.1 Å². The van der Waals surface area contributed by atoms with E-state index in [9.17, 15) is 9.18 Å². The van der Waals surface area contributed by atoms with Crippen LogP contribution in [0, 0.1) is 5.82 Å². The van der Waals surface area contributed by atoms with Gasteiger partial charge in [0.05, 0.1) is 10.2 Å². The highest BCUT2D eigenvalue weighted by Gasteiger charge is 2.15. The lowest BCUT2D eigenvalue weighted by Gasteiger charge is -2.08. The molecule has 0 saturated heterocycles. The first kappa shape index (κ1) is 12.9. The normalized spacial score (nSPS) is 10.9. The molecule has 20 heavy (non-hydrogen) atoms. The van der Waals surface area contributed by atoms with Crippen molar-refractivity contribution in [1.29, 1.82) is 0 Å². The van der Waals surface area contributed by atoms with Crippen LogP contribution in [0.4, 0.5) is 10.1 Å². The zero-order chi connectivity index (χ0) is 14.1. The number of amides is 1. The van der Waals surface area contributed by atoms with E-state index in [0.29, 0.717) is 11.4 Å². The Bertz CT molecular complexity index is 758.